The predicted octanol–water partition coefficient (Wildman–Crippen LogP) is 0.336. The number of hydrogen-bond acceptors (Lipinski definition) is 3. The first kappa shape index (κ1) is 10.7. The molecule has 1 atom stereocenters. The van der Waals surface area contributed by atoms with Crippen molar-refractivity contribution in [2.24, 2.45) is 0 Å². The lowest BCUT2D eigenvalue weighted by Crippen LogP contribution is -2.34. The third kappa shape index (κ3) is 3.57. The summed E-state index contributed by atoms with van der Waals surface area (Å²) in [6.07, 6.45) is 6.27. The number of aliphatic carboxylic acids is 1. The number of hydrogen-bond donors (Lipinski definition) is 2. The predicted molar refractivity (Wildman–Crippen MR) is 51.9 cm³/mol. The van der Waals surface area contributed by atoms with Crippen molar-refractivity contribution in [3.8, 4) is 0 Å². The van der Waals surface area contributed by atoms with Crippen molar-refractivity contribution in [1.29, 1.82) is 0 Å². The molecule has 0 bridgehead atoms. The summed E-state index contributed by atoms with van der Waals surface area (Å²) in [5.74, 6) is -0.812. The van der Waals surface area contributed by atoms with E-state index in [0.717, 1.165) is 13.0 Å². The van der Waals surface area contributed by atoms with Crippen LogP contribution in [0.3, 0.4) is 0 Å². The summed E-state index contributed by atoms with van der Waals surface area (Å²) in [6.45, 7) is 3.20. The maximum Gasteiger partial charge on any atom is 0.320 e. The summed E-state index contributed by atoms with van der Waals surface area (Å²) < 4.78 is 1.97. The largest absolute Gasteiger partial charge is 0.480 e. The minimum Gasteiger partial charge on any atom is -0.480 e. The van der Waals surface area contributed by atoms with Gasteiger partial charge >= 0.3 is 5.97 Å². The van der Waals surface area contributed by atoms with Gasteiger partial charge in [0, 0.05) is 18.9 Å². The van der Waals surface area contributed by atoms with Gasteiger partial charge in [-0.3, -0.25) is 4.79 Å². The zero-order valence-electron chi connectivity index (χ0n) is 8.18. The van der Waals surface area contributed by atoms with Gasteiger partial charge in [0.25, 0.3) is 0 Å². The summed E-state index contributed by atoms with van der Waals surface area (Å²) in [5.41, 5.74) is 0. The molecule has 1 heterocycles. The second-order valence-electron chi connectivity index (χ2n) is 3.17. The van der Waals surface area contributed by atoms with Crippen LogP contribution in [-0.4, -0.2) is 33.2 Å². The minimum absolute atomic E-state index is 0.474. The van der Waals surface area contributed by atoms with Crippen LogP contribution in [0.2, 0.25) is 0 Å². The monoisotopic (exact) mass is 197 g/mol. The molecule has 14 heavy (non-hydrogen) atoms. The van der Waals surface area contributed by atoms with Gasteiger partial charge in [-0.05, 0) is 19.9 Å². The van der Waals surface area contributed by atoms with Crippen LogP contribution in [0, 0.1) is 0 Å². The Morgan fingerprint density at radius 3 is 3.07 bits per heavy atom. The first-order valence-corrected chi connectivity index (χ1v) is 4.62. The van der Waals surface area contributed by atoms with Gasteiger partial charge in [0.1, 0.15) is 6.04 Å². The van der Waals surface area contributed by atoms with E-state index in [1.54, 1.807) is 19.4 Å². The van der Waals surface area contributed by atoms with Crippen molar-refractivity contribution >= 4 is 5.97 Å². The average Bonchev–Trinajstić information content (AvgIpc) is 2.64. The molecule has 0 saturated heterocycles. The summed E-state index contributed by atoms with van der Waals surface area (Å²) in [7, 11) is 0. The Morgan fingerprint density at radius 1 is 1.71 bits per heavy atom. The first-order chi connectivity index (χ1) is 6.70. The van der Waals surface area contributed by atoms with E-state index in [0.29, 0.717) is 6.54 Å². The van der Waals surface area contributed by atoms with Crippen molar-refractivity contribution in [1.82, 2.24) is 14.9 Å². The molecule has 0 saturated carbocycles. The van der Waals surface area contributed by atoms with Crippen LogP contribution >= 0.6 is 0 Å². The average molecular weight is 197 g/mol. The Labute approximate surface area is 82.8 Å². The minimum atomic E-state index is -0.812. The molecule has 5 nitrogen and oxygen atoms in total. The van der Waals surface area contributed by atoms with Crippen LogP contribution in [0.5, 0.6) is 0 Å². The Morgan fingerprint density at radius 2 is 2.50 bits per heavy atom. The summed E-state index contributed by atoms with van der Waals surface area (Å²) in [5, 5.41) is 11.5. The van der Waals surface area contributed by atoms with Gasteiger partial charge in [-0.2, -0.15) is 0 Å². The van der Waals surface area contributed by atoms with Gasteiger partial charge < -0.3 is 15.0 Å². The zero-order chi connectivity index (χ0) is 10.4. The quantitative estimate of drug-likeness (QED) is 0.645. The number of nitrogens with one attached hydrogen (secondary N) is 1. The standard InChI is InChI=1S/C9H15N3O2/c1-8(9(13)14)11-3-2-5-12-6-4-10-7-12/h4,6-8,11H,2-3,5H2,1H3,(H,13,14). The Hall–Kier alpha value is -1.36. The van der Waals surface area contributed by atoms with Crippen molar-refractivity contribution < 1.29 is 9.90 Å². The number of aryl methyl sites for hydroxylation is 1. The van der Waals surface area contributed by atoms with Gasteiger partial charge in [0.05, 0.1) is 6.33 Å². The van der Waals surface area contributed by atoms with Crippen molar-refractivity contribution in [3.63, 3.8) is 0 Å². The third-order valence-corrected chi connectivity index (χ3v) is 1.97. The van der Waals surface area contributed by atoms with Crippen LogP contribution < -0.4 is 5.32 Å². The zero-order valence-corrected chi connectivity index (χ0v) is 8.18. The van der Waals surface area contributed by atoms with Crippen molar-refractivity contribution in [2.75, 3.05) is 6.54 Å². The highest BCUT2D eigenvalue weighted by molar-refractivity contribution is 5.72. The molecule has 2 N–H and O–H groups in total. The van der Waals surface area contributed by atoms with Crippen LogP contribution in [0.4, 0.5) is 0 Å². The van der Waals surface area contributed by atoms with E-state index in [1.807, 2.05) is 10.8 Å². The fourth-order valence-electron chi connectivity index (χ4n) is 1.09. The van der Waals surface area contributed by atoms with Gasteiger partial charge in [-0.1, -0.05) is 0 Å². The van der Waals surface area contributed by atoms with E-state index in [-0.39, 0.29) is 0 Å². The number of aromatic nitrogens is 2. The fraction of sp³-hybridized carbons (Fsp3) is 0.556. The number of imidazole rings is 1. The number of carboxylic acids is 1. The molecule has 1 rings (SSSR count). The summed E-state index contributed by atoms with van der Waals surface area (Å²) in [4.78, 5) is 14.4. The number of rotatable bonds is 6. The molecule has 1 aromatic heterocycles. The summed E-state index contributed by atoms with van der Waals surface area (Å²) >= 11 is 0. The number of carbonyl (C=O) groups is 1. The second kappa shape index (κ2) is 5.39. The first-order valence-electron chi connectivity index (χ1n) is 4.62. The normalized spacial score (nSPS) is 12.6. The molecule has 0 spiro atoms. The van der Waals surface area contributed by atoms with E-state index < -0.39 is 12.0 Å². The molecule has 0 aliphatic heterocycles. The molecule has 0 amide bonds. The molecule has 5 heteroatoms. The highest BCUT2D eigenvalue weighted by Crippen LogP contribution is 1.90. The van der Waals surface area contributed by atoms with E-state index in [4.69, 9.17) is 5.11 Å². The van der Waals surface area contributed by atoms with Gasteiger partial charge in [0.2, 0.25) is 0 Å². The smallest absolute Gasteiger partial charge is 0.320 e. The van der Waals surface area contributed by atoms with Gasteiger partial charge in [0.15, 0.2) is 0 Å². The van der Waals surface area contributed by atoms with E-state index in [2.05, 4.69) is 10.3 Å². The molecular formula is C9H15N3O2. The molecule has 0 fully saturated rings. The Kier molecular flexibility index (Phi) is 4.12. The SMILES string of the molecule is CC(NCCCn1ccnc1)C(=O)O. The topological polar surface area (TPSA) is 67.2 Å². The van der Waals surface area contributed by atoms with Gasteiger partial charge in [-0.25, -0.2) is 4.98 Å². The molecule has 0 radical (unpaired) electrons. The van der Waals surface area contributed by atoms with Crippen molar-refractivity contribution in [3.05, 3.63) is 18.7 Å². The third-order valence-electron chi connectivity index (χ3n) is 1.97. The second-order valence-corrected chi connectivity index (χ2v) is 3.17. The lowest BCUT2D eigenvalue weighted by atomic mass is 10.3. The molecule has 78 valence electrons. The van der Waals surface area contributed by atoms with Crippen LogP contribution in [-0.2, 0) is 11.3 Å². The lowest BCUT2D eigenvalue weighted by molar-refractivity contribution is -0.138. The van der Waals surface area contributed by atoms with Crippen LogP contribution in [0.1, 0.15) is 13.3 Å². The lowest BCUT2D eigenvalue weighted by Gasteiger charge is -2.08. The number of carboxylic acid groups (broad SMARTS) is 1. The Balaban J connectivity index is 2.08. The highest BCUT2D eigenvalue weighted by Gasteiger charge is 2.07. The van der Waals surface area contributed by atoms with Crippen molar-refractivity contribution in [2.45, 2.75) is 25.9 Å². The fourth-order valence-corrected chi connectivity index (χ4v) is 1.09. The highest BCUT2D eigenvalue weighted by atomic mass is 16.4. The molecule has 1 unspecified atom stereocenters. The molecule has 0 aliphatic carbocycles. The number of nitrogens with zero attached hydrogens (tertiary/aromatic N) is 2. The van der Waals surface area contributed by atoms with Gasteiger partial charge in [-0.15, -0.1) is 0 Å². The van der Waals surface area contributed by atoms with E-state index in [1.165, 1.54) is 0 Å². The molecule has 1 aromatic rings. The van der Waals surface area contributed by atoms with Crippen LogP contribution in [0.15, 0.2) is 18.7 Å². The van der Waals surface area contributed by atoms with E-state index >= 15 is 0 Å². The Bertz CT molecular complexity index is 272. The summed E-state index contributed by atoms with van der Waals surface area (Å²) in [6, 6.07) is -0.474. The maximum absolute atomic E-state index is 10.4. The molecule has 0 aromatic carbocycles. The maximum atomic E-state index is 10.4. The van der Waals surface area contributed by atoms with E-state index in [9.17, 15) is 4.79 Å². The molecule has 0 aliphatic rings. The molecular weight excluding hydrogens is 182 g/mol. The van der Waals surface area contributed by atoms with Crippen LogP contribution in [0.25, 0.3) is 0 Å².